The largest absolute Gasteiger partial charge is 0.481 e. The zero-order valence-corrected chi connectivity index (χ0v) is 9.23. The molecule has 0 aromatic heterocycles. The molecule has 0 aliphatic carbocycles. The maximum atomic E-state index is 10.6. The summed E-state index contributed by atoms with van der Waals surface area (Å²) >= 11 is 0. The van der Waals surface area contributed by atoms with Crippen molar-refractivity contribution in [1.29, 1.82) is 0 Å². The van der Waals surface area contributed by atoms with E-state index in [9.17, 15) is 4.79 Å². The smallest absolute Gasteiger partial charge is 0.304 e. The third-order valence-corrected chi connectivity index (χ3v) is 2.92. The molecule has 1 N–H and O–H groups in total. The fourth-order valence-corrected chi connectivity index (χ4v) is 2.18. The zero-order valence-electron chi connectivity index (χ0n) is 9.23. The van der Waals surface area contributed by atoms with E-state index >= 15 is 0 Å². The van der Waals surface area contributed by atoms with E-state index in [1.165, 1.54) is 0 Å². The molecule has 82 valence electrons. The molecule has 0 aromatic carbocycles. The molecule has 1 rings (SSSR count). The van der Waals surface area contributed by atoms with Gasteiger partial charge in [0.15, 0.2) is 0 Å². The van der Waals surface area contributed by atoms with Crippen molar-refractivity contribution in [3.8, 4) is 0 Å². The monoisotopic (exact) mass is 200 g/mol. The Kier molecular flexibility index (Phi) is 3.89. The average Bonchev–Trinajstić information content (AvgIpc) is 2.01. The van der Waals surface area contributed by atoms with E-state index in [0.717, 1.165) is 19.6 Å². The molecule has 1 saturated heterocycles. The molecule has 1 fully saturated rings. The summed E-state index contributed by atoms with van der Waals surface area (Å²) in [6.07, 6.45) is 0.244. The Labute approximate surface area is 85.5 Å². The number of nitrogens with zero attached hydrogens (tertiary/aromatic N) is 2. The second kappa shape index (κ2) is 4.75. The number of aliphatic carboxylic acids is 1. The Morgan fingerprint density at radius 3 is 2.71 bits per heavy atom. The van der Waals surface area contributed by atoms with Crippen LogP contribution < -0.4 is 0 Å². The van der Waals surface area contributed by atoms with E-state index < -0.39 is 5.97 Å². The first-order valence-corrected chi connectivity index (χ1v) is 5.16. The summed E-state index contributed by atoms with van der Waals surface area (Å²) in [5.74, 6) is -0.705. The van der Waals surface area contributed by atoms with Gasteiger partial charge < -0.3 is 10.0 Å². The van der Waals surface area contributed by atoms with E-state index in [-0.39, 0.29) is 12.5 Å². The minimum absolute atomic E-state index is 0.149. The molecule has 0 saturated carbocycles. The van der Waals surface area contributed by atoms with E-state index in [4.69, 9.17) is 5.11 Å². The highest BCUT2D eigenvalue weighted by molar-refractivity contribution is 5.67. The SMILES string of the molecule is CC(CC(=O)O)N1CCN(C)CC1C. The summed E-state index contributed by atoms with van der Waals surface area (Å²) in [5.41, 5.74) is 0. The Morgan fingerprint density at radius 1 is 1.57 bits per heavy atom. The van der Waals surface area contributed by atoms with E-state index in [2.05, 4.69) is 23.8 Å². The molecule has 14 heavy (non-hydrogen) atoms. The van der Waals surface area contributed by atoms with Crippen LogP contribution in [0.5, 0.6) is 0 Å². The number of piperazine rings is 1. The van der Waals surface area contributed by atoms with Gasteiger partial charge in [0.1, 0.15) is 0 Å². The summed E-state index contributed by atoms with van der Waals surface area (Å²) < 4.78 is 0. The normalized spacial score (nSPS) is 27.5. The number of likely N-dealkylation sites (N-methyl/N-ethyl adjacent to an activating group) is 1. The van der Waals surface area contributed by atoms with Crippen molar-refractivity contribution >= 4 is 5.97 Å². The fourth-order valence-electron chi connectivity index (χ4n) is 2.18. The molecule has 0 aromatic rings. The predicted octanol–water partition coefficient (Wildman–Crippen LogP) is 0.486. The first kappa shape index (κ1) is 11.5. The minimum atomic E-state index is -0.705. The lowest BCUT2D eigenvalue weighted by Gasteiger charge is -2.41. The van der Waals surface area contributed by atoms with Gasteiger partial charge >= 0.3 is 5.97 Å². The van der Waals surface area contributed by atoms with Crippen molar-refractivity contribution in [2.24, 2.45) is 0 Å². The van der Waals surface area contributed by atoms with Crippen LogP contribution in [-0.2, 0) is 4.79 Å². The summed E-state index contributed by atoms with van der Waals surface area (Å²) in [4.78, 5) is 15.2. The van der Waals surface area contributed by atoms with Crippen molar-refractivity contribution in [2.45, 2.75) is 32.4 Å². The molecule has 0 radical (unpaired) electrons. The van der Waals surface area contributed by atoms with Crippen LogP contribution in [0.3, 0.4) is 0 Å². The maximum Gasteiger partial charge on any atom is 0.304 e. The fraction of sp³-hybridized carbons (Fsp3) is 0.900. The van der Waals surface area contributed by atoms with Crippen LogP contribution in [0.1, 0.15) is 20.3 Å². The van der Waals surface area contributed by atoms with Gasteiger partial charge in [0, 0.05) is 31.7 Å². The lowest BCUT2D eigenvalue weighted by Crippen LogP contribution is -2.53. The van der Waals surface area contributed by atoms with Crippen LogP contribution in [0.15, 0.2) is 0 Å². The number of carboxylic acids is 1. The number of carboxylic acid groups (broad SMARTS) is 1. The maximum absolute atomic E-state index is 10.6. The van der Waals surface area contributed by atoms with Gasteiger partial charge in [-0.2, -0.15) is 0 Å². The van der Waals surface area contributed by atoms with Gasteiger partial charge in [0.05, 0.1) is 6.42 Å². The third-order valence-electron chi connectivity index (χ3n) is 2.92. The van der Waals surface area contributed by atoms with Gasteiger partial charge in [-0.1, -0.05) is 0 Å². The van der Waals surface area contributed by atoms with Crippen molar-refractivity contribution in [3.63, 3.8) is 0 Å². The standard InChI is InChI=1S/C10H20N2O2/c1-8(6-10(13)14)12-5-4-11(3)7-9(12)2/h8-9H,4-7H2,1-3H3,(H,13,14). The lowest BCUT2D eigenvalue weighted by atomic mass is 10.1. The average molecular weight is 200 g/mol. The van der Waals surface area contributed by atoms with Crippen molar-refractivity contribution < 1.29 is 9.90 Å². The van der Waals surface area contributed by atoms with Gasteiger partial charge in [0.2, 0.25) is 0 Å². The number of carbonyl (C=O) groups is 1. The first-order chi connectivity index (χ1) is 6.50. The van der Waals surface area contributed by atoms with Gasteiger partial charge in [-0.05, 0) is 20.9 Å². The van der Waals surface area contributed by atoms with E-state index in [1.807, 2.05) is 6.92 Å². The van der Waals surface area contributed by atoms with E-state index in [0.29, 0.717) is 6.04 Å². The van der Waals surface area contributed by atoms with Crippen molar-refractivity contribution in [1.82, 2.24) is 9.80 Å². The summed E-state index contributed by atoms with van der Waals surface area (Å²) in [6.45, 7) is 7.20. The molecule has 4 heteroatoms. The molecular formula is C10H20N2O2. The Morgan fingerprint density at radius 2 is 2.21 bits per heavy atom. The van der Waals surface area contributed by atoms with Crippen LogP contribution in [0, 0.1) is 0 Å². The summed E-state index contributed by atoms with van der Waals surface area (Å²) in [6, 6.07) is 0.610. The van der Waals surface area contributed by atoms with Crippen molar-refractivity contribution in [2.75, 3.05) is 26.7 Å². The molecule has 0 spiro atoms. The van der Waals surface area contributed by atoms with Crippen LogP contribution in [0.4, 0.5) is 0 Å². The second-order valence-electron chi connectivity index (χ2n) is 4.30. The zero-order chi connectivity index (χ0) is 10.7. The van der Waals surface area contributed by atoms with Gasteiger partial charge in [-0.3, -0.25) is 9.69 Å². The first-order valence-electron chi connectivity index (χ1n) is 5.16. The second-order valence-corrected chi connectivity index (χ2v) is 4.30. The molecule has 4 nitrogen and oxygen atoms in total. The van der Waals surface area contributed by atoms with Gasteiger partial charge in [0.25, 0.3) is 0 Å². The van der Waals surface area contributed by atoms with Crippen LogP contribution in [-0.4, -0.2) is 59.6 Å². The molecule has 2 unspecified atom stereocenters. The predicted molar refractivity (Wildman–Crippen MR) is 55.4 cm³/mol. The highest BCUT2D eigenvalue weighted by atomic mass is 16.4. The molecular weight excluding hydrogens is 180 g/mol. The van der Waals surface area contributed by atoms with Crippen LogP contribution in [0.25, 0.3) is 0 Å². The topological polar surface area (TPSA) is 43.8 Å². The van der Waals surface area contributed by atoms with Crippen LogP contribution in [0.2, 0.25) is 0 Å². The highest BCUT2D eigenvalue weighted by Crippen LogP contribution is 2.13. The molecule has 1 heterocycles. The number of hydrogen-bond acceptors (Lipinski definition) is 3. The molecule has 1 aliphatic rings. The Bertz CT molecular complexity index is 208. The molecule has 0 bridgehead atoms. The van der Waals surface area contributed by atoms with Gasteiger partial charge in [-0.25, -0.2) is 0 Å². The van der Waals surface area contributed by atoms with Crippen molar-refractivity contribution in [3.05, 3.63) is 0 Å². The van der Waals surface area contributed by atoms with E-state index in [1.54, 1.807) is 0 Å². The summed E-state index contributed by atoms with van der Waals surface area (Å²) in [5, 5.41) is 8.72. The Hall–Kier alpha value is -0.610. The molecule has 1 aliphatic heterocycles. The minimum Gasteiger partial charge on any atom is -0.481 e. The van der Waals surface area contributed by atoms with Gasteiger partial charge in [-0.15, -0.1) is 0 Å². The summed E-state index contributed by atoms with van der Waals surface area (Å²) in [7, 11) is 2.11. The molecule has 0 amide bonds. The third kappa shape index (κ3) is 2.96. The number of hydrogen-bond donors (Lipinski definition) is 1. The quantitative estimate of drug-likeness (QED) is 0.720. The Balaban J connectivity index is 2.46. The lowest BCUT2D eigenvalue weighted by molar-refractivity contribution is -0.138. The molecule has 2 atom stereocenters. The number of rotatable bonds is 3. The van der Waals surface area contributed by atoms with Crippen LogP contribution >= 0.6 is 0 Å². The highest BCUT2D eigenvalue weighted by Gasteiger charge is 2.26.